The molecule has 1 atom stereocenters. The quantitative estimate of drug-likeness (QED) is 0.520. The van der Waals surface area contributed by atoms with E-state index in [4.69, 9.17) is 6.42 Å². The van der Waals surface area contributed by atoms with Crippen LogP contribution in [0.5, 0.6) is 0 Å². The number of terminal acetylenes is 1. The second-order valence-electron chi connectivity index (χ2n) is 1.90. The standard InChI is InChI=1S/C8H8S/c1-3-7(2)8-5-4-6-9-8/h1,4-7H,2H3. The van der Waals surface area contributed by atoms with Gasteiger partial charge >= 0.3 is 0 Å². The first-order valence-corrected chi connectivity index (χ1v) is 3.72. The van der Waals surface area contributed by atoms with E-state index in [1.54, 1.807) is 11.3 Å². The Morgan fingerprint density at radius 1 is 1.78 bits per heavy atom. The Kier molecular flexibility index (Phi) is 1.92. The van der Waals surface area contributed by atoms with Crippen LogP contribution in [-0.2, 0) is 0 Å². The molecule has 1 heteroatoms. The molecule has 0 bridgehead atoms. The SMILES string of the molecule is C#CC(C)c1cccs1. The molecule has 0 aliphatic carbocycles. The molecule has 9 heavy (non-hydrogen) atoms. The summed E-state index contributed by atoms with van der Waals surface area (Å²) in [7, 11) is 0. The summed E-state index contributed by atoms with van der Waals surface area (Å²) in [5.41, 5.74) is 0. The molecule has 0 aliphatic heterocycles. The van der Waals surface area contributed by atoms with E-state index in [9.17, 15) is 0 Å². The molecule has 1 unspecified atom stereocenters. The van der Waals surface area contributed by atoms with Gasteiger partial charge in [-0.05, 0) is 18.4 Å². The van der Waals surface area contributed by atoms with Gasteiger partial charge < -0.3 is 0 Å². The van der Waals surface area contributed by atoms with Crippen LogP contribution >= 0.6 is 11.3 Å². The first kappa shape index (κ1) is 6.38. The van der Waals surface area contributed by atoms with Crippen molar-refractivity contribution in [3.63, 3.8) is 0 Å². The minimum atomic E-state index is 0.282. The first-order chi connectivity index (χ1) is 4.34. The number of hydrogen-bond donors (Lipinski definition) is 0. The molecular formula is C8H8S. The minimum Gasteiger partial charge on any atom is -0.148 e. The summed E-state index contributed by atoms with van der Waals surface area (Å²) in [5, 5.41) is 2.04. The molecule has 0 amide bonds. The third-order valence-electron chi connectivity index (χ3n) is 1.22. The summed E-state index contributed by atoms with van der Waals surface area (Å²) >= 11 is 1.71. The average molecular weight is 136 g/mol. The number of rotatable bonds is 1. The largest absolute Gasteiger partial charge is 0.148 e. The van der Waals surface area contributed by atoms with Crippen molar-refractivity contribution in [1.29, 1.82) is 0 Å². The lowest BCUT2D eigenvalue weighted by molar-refractivity contribution is 1.04. The first-order valence-electron chi connectivity index (χ1n) is 2.84. The van der Waals surface area contributed by atoms with Crippen LogP contribution < -0.4 is 0 Å². The van der Waals surface area contributed by atoms with Gasteiger partial charge in [0.25, 0.3) is 0 Å². The van der Waals surface area contributed by atoms with E-state index >= 15 is 0 Å². The van der Waals surface area contributed by atoms with Gasteiger partial charge in [-0.2, -0.15) is 0 Å². The molecule has 0 aromatic carbocycles. The van der Waals surface area contributed by atoms with Crippen LogP contribution in [0.25, 0.3) is 0 Å². The highest BCUT2D eigenvalue weighted by atomic mass is 32.1. The van der Waals surface area contributed by atoms with Crippen LogP contribution in [0, 0.1) is 12.3 Å². The predicted molar refractivity (Wildman–Crippen MR) is 41.6 cm³/mol. The second kappa shape index (κ2) is 2.70. The van der Waals surface area contributed by atoms with Crippen molar-refractivity contribution >= 4 is 11.3 Å². The third-order valence-corrected chi connectivity index (χ3v) is 2.27. The topological polar surface area (TPSA) is 0 Å². The van der Waals surface area contributed by atoms with Crippen molar-refractivity contribution in [2.75, 3.05) is 0 Å². The lowest BCUT2D eigenvalue weighted by Crippen LogP contribution is -1.81. The lowest BCUT2D eigenvalue weighted by atomic mass is 10.2. The summed E-state index contributed by atoms with van der Waals surface area (Å²) in [6.45, 7) is 2.03. The van der Waals surface area contributed by atoms with Gasteiger partial charge in [0.15, 0.2) is 0 Å². The zero-order valence-corrected chi connectivity index (χ0v) is 6.11. The molecule has 1 rings (SSSR count). The fourth-order valence-corrected chi connectivity index (χ4v) is 1.36. The monoisotopic (exact) mass is 136 g/mol. The molecule has 1 aromatic rings. The highest BCUT2D eigenvalue weighted by molar-refractivity contribution is 7.10. The maximum Gasteiger partial charge on any atom is 0.0515 e. The van der Waals surface area contributed by atoms with Crippen LogP contribution in [0.1, 0.15) is 17.7 Å². The molecule has 0 saturated heterocycles. The van der Waals surface area contributed by atoms with Gasteiger partial charge in [-0.15, -0.1) is 17.8 Å². The Morgan fingerprint density at radius 2 is 2.56 bits per heavy atom. The maximum absolute atomic E-state index is 5.22. The summed E-state index contributed by atoms with van der Waals surface area (Å²) in [6, 6.07) is 4.09. The minimum absolute atomic E-state index is 0.282. The fraction of sp³-hybridized carbons (Fsp3) is 0.250. The predicted octanol–water partition coefficient (Wildman–Crippen LogP) is 2.48. The van der Waals surface area contributed by atoms with Gasteiger partial charge in [0.05, 0.1) is 5.92 Å². The molecule has 0 nitrogen and oxygen atoms in total. The van der Waals surface area contributed by atoms with Crippen LogP contribution in [-0.4, -0.2) is 0 Å². The zero-order chi connectivity index (χ0) is 6.69. The second-order valence-corrected chi connectivity index (χ2v) is 2.88. The average Bonchev–Trinajstić information content (AvgIpc) is 2.37. The van der Waals surface area contributed by atoms with Crippen LogP contribution in [0.15, 0.2) is 17.5 Å². The van der Waals surface area contributed by atoms with Gasteiger partial charge in [0.2, 0.25) is 0 Å². The molecule has 46 valence electrons. The van der Waals surface area contributed by atoms with Crippen molar-refractivity contribution in [2.24, 2.45) is 0 Å². The highest BCUT2D eigenvalue weighted by Gasteiger charge is 1.99. The number of hydrogen-bond acceptors (Lipinski definition) is 1. The Morgan fingerprint density at radius 3 is 3.00 bits per heavy atom. The molecule has 0 fully saturated rings. The van der Waals surface area contributed by atoms with Crippen LogP contribution in [0.3, 0.4) is 0 Å². The van der Waals surface area contributed by atoms with Gasteiger partial charge in [0, 0.05) is 4.88 Å². The zero-order valence-electron chi connectivity index (χ0n) is 5.29. The van der Waals surface area contributed by atoms with Crippen molar-refractivity contribution in [2.45, 2.75) is 12.8 Å². The molecule has 1 aromatic heterocycles. The van der Waals surface area contributed by atoms with E-state index in [1.165, 1.54) is 4.88 Å². The number of thiophene rings is 1. The van der Waals surface area contributed by atoms with Crippen LogP contribution in [0.4, 0.5) is 0 Å². The molecule has 0 radical (unpaired) electrons. The lowest BCUT2D eigenvalue weighted by Gasteiger charge is -1.95. The van der Waals surface area contributed by atoms with Crippen molar-refractivity contribution in [3.05, 3.63) is 22.4 Å². The summed E-state index contributed by atoms with van der Waals surface area (Å²) in [5.74, 6) is 2.96. The molecule has 0 saturated carbocycles. The van der Waals surface area contributed by atoms with Gasteiger partial charge in [-0.25, -0.2) is 0 Å². The maximum atomic E-state index is 5.22. The summed E-state index contributed by atoms with van der Waals surface area (Å²) in [6.07, 6.45) is 5.22. The summed E-state index contributed by atoms with van der Waals surface area (Å²) < 4.78 is 0. The van der Waals surface area contributed by atoms with E-state index in [0.29, 0.717) is 0 Å². The molecular weight excluding hydrogens is 128 g/mol. The Hall–Kier alpha value is -0.740. The Balaban J connectivity index is 2.80. The summed E-state index contributed by atoms with van der Waals surface area (Å²) in [4.78, 5) is 1.28. The van der Waals surface area contributed by atoms with E-state index in [-0.39, 0.29) is 5.92 Å². The van der Waals surface area contributed by atoms with Crippen molar-refractivity contribution < 1.29 is 0 Å². The highest BCUT2D eigenvalue weighted by Crippen LogP contribution is 2.18. The van der Waals surface area contributed by atoms with Gasteiger partial charge in [0.1, 0.15) is 0 Å². The van der Waals surface area contributed by atoms with Crippen molar-refractivity contribution in [3.8, 4) is 12.3 Å². The van der Waals surface area contributed by atoms with Gasteiger partial charge in [-0.1, -0.05) is 12.0 Å². The smallest absolute Gasteiger partial charge is 0.0515 e. The fourth-order valence-electron chi connectivity index (χ4n) is 0.620. The molecule has 1 heterocycles. The van der Waals surface area contributed by atoms with Gasteiger partial charge in [-0.3, -0.25) is 0 Å². The molecule has 0 N–H and O–H groups in total. The van der Waals surface area contributed by atoms with E-state index < -0.39 is 0 Å². The Bertz CT molecular complexity index is 203. The van der Waals surface area contributed by atoms with Crippen LogP contribution in [0.2, 0.25) is 0 Å². The van der Waals surface area contributed by atoms with Crippen molar-refractivity contribution in [1.82, 2.24) is 0 Å². The Labute approximate surface area is 59.5 Å². The van der Waals surface area contributed by atoms with E-state index in [0.717, 1.165) is 0 Å². The van der Waals surface area contributed by atoms with E-state index in [2.05, 4.69) is 12.0 Å². The normalized spacial score (nSPS) is 12.4. The molecule has 0 spiro atoms. The van der Waals surface area contributed by atoms with E-state index in [1.807, 2.05) is 18.4 Å². The third kappa shape index (κ3) is 1.34. The molecule has 0 aliphatic rings.